The molecule has 4 heteroatoms. The molecule has 0 aliphatic heterocycles. The first-order valence-corrected chi connectivity index (χ1v) is 3.98. The fourth-order valence-electron chi connectivity index (χ4n) is 1.13. The highest BCUT2D eigenvalue weighted by atomic mass is 19.1. The zero-order valence-corrected chi connectivity index (χ0v) is 6.84. The van der Waals surface area contributed by atoms with Crippen LogP contribution in [0.15, 0.2) is 0 Å². The maximum atomic E-state index is 12.9. The Balaban J connectivity index is 2.45. The topological polar surface area (TPSA) is 51.8 Å². The highest BCUT2D eigenvalue weighted by Gasteiger charge is 2.27. The van der Waals surface area contributed by atoms with Crippen LogP contribution in [0.1, 0.15) is 30.3 Å². The monoisotopic (exact) mass is 167 g/mol. The lowest BCUT2D eigenvalue weighted by atomic mass is 10.3. The Labute approximate surface area is 69.8 Å². The lowest BCUT2D eigenvalue weighted by Gasteiger charge is -2.02. The number of anilines is 1. The van der Waals surface area contributed by atoms with Gasteiger partial charge >= 0.3 is 0 Å². The summed E-state index contributed by atoms with van der Waals surface area (Å²) in [7, 11) is 0. The second-order valence-corrected chi connectivity index (χ2v) is 3.14. The molecule has 0 unspecified atom stereocenters. The van der Waals surface area contributed by atoms with Crippen LogP contribution in [0.25, 0.3) is 0 Å². The number of nitrogens with two attached hydrogens (primary N) is 1. The Kier molecular flexibility index (Phi) is 1.49. The molecule has 0 atom stereocenters. The largest absolute Gasteiger partial charge is 0.381 e. The maximum Gasteiger partial charge on any atom is 0.186 e. The molecule has 1 aromatic heterocycles. The molecule has 12 heavy (non-hydrogen) atoms. The van der Waals surface area contributed by atoms with E-state index in [-0.39, 0.29) is 5.82 Å². The molecule has 0 saturated heterocycles. The third-order valence-corrected chi connectivity index (χ3v) is 2.00. The van der Waals surface area contributed by atoms with Crippen molar-refractivity contribution >= 4 is 5.82 Å². The van der Waals surface area contributed by atoms with Gasteiger partial charge < -0.3 is 5.73 Å². The van der Waals surface area contributed by atoms with Gasteiger partial charge in [-0.25, -0.2) is 14.4 Å². The summed E-state index contributed by atoms with van der Waals surface area (Å²) in [6.45, 7) is 1.61. The molecule has 0 aromatic carbocycles. The predicted octanol–water partition coefficient (Wildman–Crippen LogP) is 1.38. The molecule has 1 saturated carbocycles. The van der Waals surface area contributed by atoms with Crippen molar-refractivity contribution in [3.05, 3.63) is 17.3 Å². The summed E-state index contributed by atoms with van der Waals surface area (Å²) in [5, 5.41) is 0. The third-order valence-electron chi connectivity index (χ3n) is 2.00. The lowest BCUT2D eigenvalue weighted by Crippen LogP contribution is -2.04. The van der Waals surface area contributed by atoms with E-state index in [0.29, 0.717) is 17.4 Å². The minimum atomic E-state index is -0.487. The van der Waals surface area contributed by atoms with Gasteiger partial charge in [0.05, 0.1) is 5.69 Å². The molecule has 3 nitrogen and oxygen atoms in total. The van der Waals surface area contributed by atoms with Gasteiger partial charge in [-0.2, -0.15) is 0 Å². The smallest absolute Gasteiger partial charge is 0.186 e. The van der Waals surface area contributed by atoms with E-state index in [9.17, 15) is 4.39 Å². The molecule has 0 amide bonds. The van der Waals surface area contributed by atoms with Gasteiger partial charge in [0, 0.05) is 5.92 Å². The van der Waals surface area contributed by atoms with Gasteiger partial charge in [0.15, 0.2) is 11.6 Å². The van der Waals surface area contributed by atoms with E-state index >= 15 is 0 Å². The van der Waals surface area contributed by atoms with Crippen molar-refractivity contribution in [2.75, 3.05) is 5.73 Å². The SMILES string of the molecule is Cc1nc(C2CC2)nc(N)c1F. The van der Waals surface area contributed by atoms with E-state index in [0.717, 1.165) is 12.8 Å². The molecule has 0 radical (unpaired) electrons. The number of hydrogen-bond donors (Lipinski definition) is 1. The standard InChI is InChI=1S/C8H10FN3/c1-4-6(9)7(10)12-8(11-4)5-2-3-5/h5H,2-3H2,1H3,(H2,10,11,12). The summed E-state index contributed by atoms with van der Waals surface area (Å²) in [4.78, 5) is 7.92. The number of aromatic nitrogens is 2. The van der Waals surface area contributed by atoms with Gasteiger partial charge in [0.25, 0.3) is 0 Å². The quantitative estimate of drug-likeness (QED) is 0.687. The van der Waals surface area contributed by atoms with Crippen molar-refractivity contribution < 1.29 is 4.39 Å². The molecule has 1 fully saturated rings. The zero-order valence-electron chi connectivity index (χ0n) is 6.84. The lowest BCUT2D eigenvalue weighted by molar-refractivity contribution is 0.602. The Morgan fingerprint density at radius 1 is 1.42 bits per heavy atom. The second-order valence-electron chi connectivity index (χ2n) is 3.14. The van der Waals surface area contributed by atoms with Gasteiger partial charge in [0.2, 0.25) is 0 Å². The molecule has 0 spiro atoms. The normalized spacial score (nSPS) is 16.5. The van der Waals surface area contributed by atoms with Crippen LogP contribution in [-0.2, 0) is 0 Å². The molecule has 1 heterocycles. The molecule has 2 N–H and O–H groups in total. The van der Waals surface area contributed by atoms with Gasteiger partial charge in [-0.15, -0.1) is 0 Å². The highest BCUT2D eigenvalue weighted by molar-refractivity contribution is 5.33. The summed E-state index contributed by atoms with van der Waals surface area (Å²) >= 11 is 0. The van der Waals surface area contributed by atoms with E-state index in [1.807, 2.05) is 0 Å². The average molecular weight is 167 g/mol. The molecule has 1 aromatic rings. The first kappa shape index (κ1) is 7.46. The number of nitrogen functional groups attached to an aromatic ring is 1. The molecule has 0 bridgehead atoms. The van der Waals surface area contributed by atoms with Crippen LogP contribution < -0.4 is 5.73 Å². The Morgan fingerprint density at radius 2 is 2.08 bits per heavy atom. The van der Waals surface area contributed by atoms with E-state index in [2.05, 4.69) is 9.97 Å². The van der Waals surface area contributed by atoms with Crippen LogP contribution >= 0.6 is 0 Å². The maximum absolute atomic E-state index is 12.9. The van der Waals surface area contributed by atoms with Crippen LogP contribution in [0.2, 0.25) is 0 Å². The van der Waals surface area contributed by atoms with Crippen LogP contribution in [0.3, 0.4) is 0 Å². The van der Waals surface area contributed by atoms with E-state index in [1.165, 1.54) is 0 Å². The number of halogens is 1. The second kappa shape index (κ2) is 2.40. The van der Waals surface area contributed by atoms with Crippen molar-refractivity contribution in [3.63, 3.8) is 0 Å². The van der Waals surface area contributed by atoms with Gasteiger partial charge in [-0.05, 0) is 19.8 Å². The van der Waals surface area contributed by atoms with Crippen LogP contribution in [0.5, 0.6) is 0 Å². The molecular formula is C8H10FN3. The molecule has 1 aliphatic carbocycles. The molecule has 64 valence electrons. The van der Waals surface area contributed by atoms with Crippen LogP contribution in [0, 0.1) is 12.7 Å². The minimum Gasteiger partial charge on any atom is -0.381 e. The summed E-state index contributed by atoms with van der Waals surface area (Å²) in [6.07, 6.45) is 2.20. The van der Waals surface area contributed by atoms with Crippen molar-refractivity contribution in [1.29, 1.82) is 0 Å². The summed E-state index contributed by atoms with van der Waals surface area (Å²) < 4.78 is 12.9. The third kappa shape index (κ3) is 1.13. The van der Waals surface area contributed by atoms with Crippen molar-refractivity contribution in [2.24, 2.45) is 0 Å². The van der Waals surface area contributed by atoms with Crippen molar-refractivity contribution in [2.45, 2.75) is 25.7 Å². The van der Waals surface area contributed by atoms with E-state index in [1.54, 1.807) is 6.92 Å². The fourth-order valence-corrected chi connectivity index (χ4v) is 1.13. The van der Waals surface area contributed by atoms with Crippen molar-refractivity contribution in [3.8, 4) is 0 Å². The Morgan fingerprint density at radius 3 is 2.58 bits per heavy atom. The predicted molar refractivity (Wildman–Crippen MR) is 43.1 cm³/mol. The molecule has 2 rings (SSSR count). The van der Waals surface area contributed by atoms with Crippen molar-refractivity contribution in [1.82, 2.24) is 9.97 Å². The Hall–Kier alpha value is -1.19. The molecule has 1 aliphatic rings. The first-order valence-electron chi connectivity index (χ1n) is 3.98. The average Bonchev–Trinajstić information content (AvgIpc) is 2.81. The zero-order chi connectivity index (χ0) is 8.72. The van der Waals surface area contributed by atoms with E-state index < -0.39 is 5.82 Å². The number of hydrogen-bond acceptors (Lipinski definition) is 3. The van der Waals surface area contributed by atoms with Crippen LogP contribution in [-0.4, -0.2) is 9.97 Å². The first-order chi connectivity index (χ1) is 5.68. The fraction of sp³-hybridized carbons (Fsp3) is 0.500. The highest BCUT2D eigenvalue weighted by Crippen LogP contribution is 2.38. The number of aryl methyl sites for hydroxylation is 1. The summed E-state index contributed by atoms with van der Waals surface area (Å²) in [6, 6.07) is 0. The van der Waals surface area contributed by atoms with Gasteiger partial charge in [0.1, 0.15) is 5.82 Å². The summed E-state index contributed by atoms with van der Waals surface area (Å²) in [5.74, 6) is 0.613. The molecular weight excluding hydrogens is 157 g/mol. The number of rotatable bonds is 1. The van der Waals surface area contributed by atoms with Gasteiger partial charge in [-0.3, -0.25) is 0 Å². The minimum absolute atomic E-state index is 0.0237. The van der Waals surface area contributed by atoms with Crippen LogP contribution in [0.4, 0.5) is 10.2 Å². The number of nitrogens with zero attached hydrogens (tertiary/aromatic N) is 2. The summed E-state index contributed by atoms with van der Waals surface area (Å²) in [5.41, 5.74) is 5.71. The Bertz CT molecular complexity index is 297. The van der Waals surface area contributed by atoms with Gasteiger partial charge in [-0.1, -0.05) is 0 Å². The van der Waals surface area contributed by atoms with E-state index in [4.69, 9.17) is 5.73 Å².